The molecule has 0 N–H and O–H groups in total. The lowest BCUT2D eigenvalue weighted by atomic mass is 9.73. The van der Waals surface area contributed by atoms with Gasteiger partial charge < -0.3 is 14.2 Å². The molecule has 3 aliphatic heterocycles. The molecule has 0 saturated heterocycles. The number of rotatable bonds is 2. The zero-order valence-corrected chi connectivity index (χ0v) is 22.5. The Hall–Kier alpha value is -4.60. The molecule has 0 aliphatic carbocycles. The predicted molar refractivity (Wildman–Crippen MR) is 163 cm³/mol. The van der Waals surface area contributed by atoms with Gasteiger partial charge in [-0.05, 0) is 53.1 Å². The third-order valence-electron chi connectivity index (χ3n) is 9.24. The van der Waals surface area contributed by atoms with Gasteiger partial charge in [-0.2, -0.15) is 0 Å². The molecule has 3 aliphatic rings. The predicted octanol–water partition coefficient (Wildman–Crippen LogP) is 9.57. The van der Waals surface area contributed by atoms with Crippen LogP contribution in [0.15, 0.2) is 121 Å². The molecule has 192 valence electrons. The summed E-state index contributed by atoms with van der Waals surface area (Å²) in [6, 6.07) is 40.0. The summed E-state index contributed by atoms with van der Waals surface area (Å²) in [4.78, 5) is 2.44. The van der Waals surface area contributed by atoms with Crippen LogP contribution in [-0.4, -0.2) is 4.57 Å². The maximum Gasteiger partial charge on any atom is 0.104 e. The molecule has 5 aromatic carbocycles. The molecule has 40 heavy (non-hydrogen) atoms. The second-order valence-electron chi connectivity index (χ2n) is 11.7. The Morgan fingerprint density at radius 2 is 1.38 bits per heavy atom. The number of aromatic nitrogens is 1. The number of nitrogens with zero attached hydrogens (tertiary/aromatic N) is 2. The van der Waals surface area contributed by atoms with Crippen molar-refractivity contribution in [1.29, 1.82) is 0 Å². The summed E-state index contributed by atoms with van der Waals surface area (Å²) >= 11 is 0. The summed E-state index contributed by atoms with van der Waals surface area (Å²) in [7, 11) is 0. The molecule has 0 fully saturated rings. The van der Waals surface area contributed by atoms with E-state index in [1.807, 2.05) is 0 Å². The van der Waals surface area contributed by atoms with Gasteiger partial charge in [0.15, 0.2) is 0 Å². The van der Waals surface area contributed by atoms with Gasteiger partial charge >= 0.3 is 0 Å². The van der Waals surface area contributed by atoms with Crippen LogP contribution >= 0.6 is 0 Å². The van der Waals surface area contributed by atoms with Gasteiger partial charge in [0.1, 0.15) is 12.2 Å². The topological polar surface area (TPSA) is 17.4 Å². The molecule has 2 atom stereocenters. The first-order valence-corrected chi connectivity index (χ1v) is 14.1. The van der Waals surface area contributed by atoms with Crippen molar-refractivity contribution < 1.29 is 4.74 Å². The molecular formula is C37H28N2O. The Morgan fingerprint density at radius 3 is 2.27 bits per heavy atom. The van der Waals surface area contributed by atoms with Crippen molar-refractivity contribution >= 4 is 38.9 Å². The van der Waals surface area contributed by atoms with Crippen LogP contribution < -0.4 is 4.90 Å². The number of ether oxygens (including phenoxy) is 1. The van der Waals surface area contributed by atoms with Crippen LogP contribution in [0.2, 0.25) is 0 Å². The van der Waals surface area contributed by atoms with Crippen LogP contribution in [0.5, 0.6) is 0 Å². The van der Waals surface area contributed by atoms with E-state index < -0.39 is 0 Å². The summed E-state index contributed by atoms with van der Waals surface area (Å²) in [5.74, 6) is 0. The largest absolute Gasteiger partial charge is 0.357 e. The average Bonchev–Trinajstić information content (AvgIpc) is 3.70. The summed E-state index contributed by atoms with van der Waals surface area (Å²) in [5.41, 5.74) is 12.4. The molecule has 3 heteroatoms. The van der Waals surface area contributed by atoms with Gasteiger partial charge in [0.25, 0.3) is 0 Å². The molecule has 0 saturated carbocycles. The Bertz CT molecular complexity index is 2030. The fourth-order valence-corrected chi connectivity index (χ4v) is 7.41. The first-order valence-electron chi connectivity index (χ1n) is 14.1. The van der Waals surface area contributed by atoms with Gasteiger partial charge in [-0.1, -0.05) is 98.8 Å². The molecular weight excluding hydrogens is 488 g/mol. The number of benzene rings is 5. The summed E-state index contributed by atoms with van der Waals surface area (Å²) in [6.07, 6.45) is 4.49. The lowest BCUT2D eigenvalue weighted by molar-refractivity contribution is 0.0882. The number of anilines is 3. The molecule has 2 bridgehead atoms. The Morgan fingerprint density at radius 1 is 0.625 bits per heavy atom. The third-order valence-corrected chi connectivity index (χ3v) is 9.24. The summed E-state index contributed by atoms with van der Waals surface area (Å²) in [5, 5.41) is 2.55. The van der Waals surface area contributed by atoms with Crippen molar-refractivity contribution in [2.75, 3.05) is 4.90 Å². The standard InChI is InChI=1S/C37H28N2O/c1-37(2)28-13-7-9-15-31(28)38(23-10-4-3-5-11-23)32-22-24(16-19-29(32)37)39-30-14-8-6-12-25(30)26-17-18-27-33-20-21-34(40-33)35(27)36(26)39/h3-22,33-34H,1-2H3. The molecule has 0 radical (unpaired) electrons. The van der Waals surface area contributed by atoms with Gasteiger partial charge in [-0.25, -0.2) is 0 Å². The highest BCUT2D eigenvalue weighted by Crippen LogP contribution is 2.54. The molecule has 1 aromatic heterocycles. The van der Waals surface area contributed by atoms with Crippen molar-refractivity contribution in [1.82, 2.24) is 4.57 Å². The van der Waals surface area contributed by atoms with Crippen LogP contribution in [0, 0.1) is 0 Å². The fraction of sp³-hybridized carbons (Fsp3) is 0.135. The van der Waals surface area contributed by atoms with E-state index in [-0.39, 0.29) is 17.6 Å². The van der Waals surface area contributed by atoms with Crippen LogP contribution in [0.25, 0.3) is 27.5 Å². The van der Waals surface area contributed by atoms with Crippen molar-refractivity contribution in [3.05, 3.63) is 144 Å². The fourth-order valence-electron chi connectivity index (χ4n) is 7.41. The Kier molecular flexibility index (Phi) is 4.31. The van der Waals surface area contributed by atoms with Crippen LogP contribution in [0.1, 0.15) is 48.3 Å². The van der Waals surface area contributed by atoms with Crippen LogP contribution in [-0.2, 0) is 10.2 Å². The minimum absolute atomic E-state index is 0.0102. The molecule has 4 heterocycles. The molecule has 0 spiro atoms. The van der Waals surface area contributed by atoms with E-state index in [4.69, 9.17) is 4.74 Å². The van der Waals surface area contributed by atoms with E-state index in [1.165, 1.54) is 66.8 Å². The van der Waals surface area contributed by atoms with E-state index in [2.05, 4.69) is 145 Å². The van der Waals surface area contributed by atoms with Crippen molar-refractivity contribution in [2.24, 2.45) is 0 Å². The third kappa shape index (κ3) is 2.78. The molecule has 0 amide bonds. The number of para-hydroxylation sites is 3. The highest BCUT2D eigenvalue weighted by molar-refractivity contribution is 6.11. The van der Waals surface area contributed by atoms with Crippen molar-refractivity contribution in [2.45, 2.75) is 31.5 Å². The van der Waals surface area contributed by atoms with Gasteiger partial charge in [0, 0.05) is 33.1 Å². The van der Waals surface area contributed by atoms with Gasteiger partial charge in [-0.3, -0.25) is 0 Å². The normalized spacial score (nSPS) is 19.7. The van der Waals surface area contributed by atoms with Gasteiger partial charge in [0.05, 0.1) is 22.4 Å². The summed E-state index contributed by atoms with van der Waals surface area (Å²) < 4.78 is 8.81. The first kappa shape index (κ1) is 22.2. The lowest BCUT2D eigenvalue weighted by Gasteiger charge is -2.42. The Balaban J connectivity index is 1.37. The maximum atomic E-state index is 6.34. The van der Waals surface area contributed by atoms with Gasteiger partial charge in [0.2, 0.25) is 0 Å². The number of hydrogen-bond donors (Lipinski definition) is 0. The summed E-state index contributed by atoms with van der Waals surface area (Å²) in [6.45, 7) is 4.70. The quantitative estimate of drug-likeness (QED) is 0.213. The molecule has 3 nitrogen and oxygen atoms in total. The van der Waals surface area contributed by atoms with Crippen LogP contribution in [0.4, 0.5) is 17.1 Å². The molecule has 2 unspecified atom stereocenters. The highest BCUT2D eigenvalue weighted by atomic mass is 16.5. The maximum absolute atomic E-state index is 6.34. The average molecular weight is 517 g/mol. The van der Waals surface area contributed by atoms with E-state index in [0.29, 0.717) is 0 Å². The van der Waals surface area contributed by atoms with Crippen molar-refractivity contribution in [3.8, 4) is 5.69 Å². The minimum atomic E-state index is -0.129. The number of fused-ring (bicyclic) bond motifs is 11. The smallest absolute Gasteiger partial charge is 0.104 e. The van der Waals surface area contributed by atoms with Crippen LogP contribution in [0.3, 0.4) is 0 Å². The Labute approximate surface area is 233 Å². The number of hydrogen-bond acceptors (Lipinski definition) is 2. The SMILES string of the molecule is CC1(C)c2ccccc2N(c2ccccc2)c2cc(-n3c4ccccc4c4ccc5c(c43)C3C=CC5O3)ccc21. The second-order valence-corrected chi connectivity index (χ2v) is 11.7. The van der Waals surface area contributed by atoms with Gasteiger partial charge in [-0.15, -0.1) is 0 Å². The van der Waals surface area contributed by atoms with E-state index >= 15 is 0 Å². The highest BCUT2D eigenvalue weighted by Gasteiger charge is 2.39. The molecule has 6 aromatic rings. The monoisotopic (exact) mass is 516 g/mol. The van der Waals surface area contributed by atoms with E-state index in [1.54, 1.807) is 0 Å². The zero-order chi connectivity index (χ0) is 26.6. The zero-order valence-electron chi connectivity index (χ0n) is 22.5. The van der Waals surface area contributed by atoms with E-state index in [0.717, 1.165) is 0 Å². The second kappa shape index (κ2) is 7.74. The molecule has 9 rings (SSSR count). The first-order chi connectivity index (χ1) is 19.6. The van der Waals surface area contributed by atoms with Crippen molar-refractivity contribution in [3.63, 3.8) is 0 Å². The minimum Gasteiger partial charge on any atom is -0.357 e. The lowest BCUT2D eigenvalue weighted by Crippen LogP contribution is -2.30. The van der Waals surface area contributed by atoms with E-state index in [9.17, 15) is 0 Å².